The molecule has 7 heteroatoms. The first-order valence-electron chi connectivity index (χ1n) is 7.76. The predicted octanol–water partition coefficient (Wildman–Crippen LogP) is 2.59. The highest BCUT2D eigenvalue weighted by atomic mass is 32.1. The number of thiophene rings is 1. The number of aromatic nitrogens is 4. The van der Waals surface area contributed by atoms with Gasteiger partial charge in [-0.2, -0.15) is 5.10 Å². The lowest BCUT2D eigenvalue weighted by Gasteiger charge is -2.38. The van der Waals surface area contributed by atoms with Gasteiger partial charge in [-0.25, -0.2) is 9.97 Å². The van der Waals surface area contributed by atoms with Crippen molar-refractivity contribution in [2.75, 3.05) is 29.9 Å². The number of rotatable bonds is 3. The summed E-state index contributed by atoms with van der Waals surface area (Å²) in [7, 11) is 2.13. The molecule has 1 atom stereocenters. The van der Waals surface area contributed by atoms with Crippen LogP contribution < -0.4 is 9.80 Å². The van der Waals surface area contributed by atoms with Crippen LogP contribution in [0.4, 0.5) is 11.6 Å². The van der Waals surface area contributed by atoms with Crippen LogP contribution in [0.1, 0.15) is 12.8 Å². The molecule has 0 bridgehead atoms. The molecule has 0 radical (unpaired) electrons. The van der Waals surface area contributed by atoms with E-state index < -0.39 is 0 Å². The summed E-state index contributed by atoms with van der Waals surface area (Å²) in [4.78, 5) is 13.5. The molecule has 1 fully saturated rings. The molecule has 4 heterocycles. The summed E-state index contributed by atoms with van der Waals surface area (Å²) in [5.74, 6) is 1.98. The van der Waals surface area contributed by atoms with Crippen molar-refractivity contribution in [2.45, 2.75) is 18.9 Å². The van der Waals surface area contributed by atoms with Gasteiger partial charge in [-0.05, 0) is 36.4 Å². The Morgan fingerprint density at radius 2 is 2.26 bits per heavy atom. The summed E-state index contributed by atoms with van der Waals surface area (Å²) >= 11 is 1.70. The van der Waals surface area contributed by atoms with Crippen LogP contribution in [0, 0.1) is 0 Å². The zero-order valence-electron chi connectivity index (χ0n) is 13.0. The number of hydrogen-bond donors (Lipinski definition) is 0. The Balaban J connectivity index is 1.59. The van der Waals surface area contributed by atoms with Gasteiger partial charge >= 0.3 is 0 Å². The average Bonchev–Trinajstić information content (AvgIpc) is 3.11. The largest absolute Gasteiger partial charge is 0.354 e. The third-order valence-electron chi connectivity index (χ3n) is 4.38. The average molecular weight is 326 g/mol. The van der Waals surface area contributed by atoms with Crippen LogP contribution in [0.3, 0.4) is 0 Å². The van der Waals surface area contributed by atoms with Gasteiger partial charge < -0.3 is 9.80 Å². The summed E-state index contributed by atoms with van der Waals surface area (Å²) < 4.78 is 1.16. The minimum Gasteiger partial charge on any atom is -0.354 e. The fraction of sp³-hybridized carbons (Fsp3) is 0.375. The Bertz CT molecular complexity index is 789. The molecule has 0 N–H and O–H groups in total. The third kappa shape index (κ3) is 2.72. The van der Waals surface area contributed by atoms with Gasteiger partial charge in [0, 0.05) is 32.4 Å². The summed E-state index contributed by atoms with van der Waals surface area (Å²) in [6, 6.07) is 6.42. The number of nitrogens with zero attached hydrogens (tertiary/aromatic N) is 6. The number of piperidine rings is 1. The van der Waals surface area contributed by atoms with E-state index in [2.05, 4.69) is 42.4 Å². The first kappa shape index (κ1) is 14.3. The molecule has 3 aromatic heterocycles. The topological polar surface area (TPSA) is 58.0 Å². The van der Waals surface area contributed by atoms with Crippen molar-refractivity contribution in [3.8, 4) is 0 Å². The highest BCUT2D eigenvalue weighted by Gasteiger charge is 2.26. The first-order valence-corrected chi connectivity index (χ1v) is 8.64. The van der Waals surface area contributed by atoms with E-state index in [0.717, 1.165) is 47.8 Å². The molecule has 1 aliphatic rings. The highest BCUT2D eigenvalue weighted by Crippen LogP contribution is 2.30. The predicted molar refractivity (Wildman–Crippen MR) is 93.1 cm³/mol. The number of fused-ring (bicyclic) bond motifs is 1. The van der Waals surface area contributed by atoms with E-state index in [9.17, 15) is 0 Å². The van der Waals surface area contributed by atoms with Crippen LogP contribution in [-0.4, -0.2) is 46.3 Å². The Hall–Kier alpha value is -2.28. The van der Waals surface area contributed by atoms with Crippen molar-refractivity contribution in [2.24, 2.45) is 0 Å². The normalized spacial score (nSPS) is 18.3. The van der Waals surface area contributed by atoms with Gasteiger partial charge in [-0.1, -0.05) is 0 Å². The molecule has 0 saturated carbocycles. The van der Waals surface area contributed by atoms with Gasteiger partial charge in [0.15, 0.2) is 5.82 Å². The second-order valence-electron chi connectivity index (χ2n) is 5.77. The summed E-state index contributed by atoms with van der Waals surface area (Å²) in [5, 5.41) is 10.3. The quantitative estimate of drug-likeness (QED) is 0.737. The van der Waals surface area contributed by atoms with Crippen molar-refractivity contribution < 1.29 is 0 Å². The lowest BCUT2D eigenvalue weighted by atomic mass is 10.0. The second-order valence-corrected chi connectivity index (χ2v) is 6.68. The molecule has 3 aromatic rings. The molecule has 0 spiro atoms. The van der Waals surface area contributed by atoms with Gasteiger partial charge in [0.1, 0.15) is 12.1 Å². The Morgan fingerprint density at radius 3 is 3.13 bits per heavy atom. The number of anilines is 2. The third-order valence-corrected chi connectivity index (χ3v) is 5.28. The maximum atomic E-state index is 4.53. The van der Waals surface area contributed by atoms with E-state index in [-0.39, 0.29) is 0 Å². The zero-order valence-corrected chi connectivity index (χ0v) is 13.8. The molecule has 1 saturated heterocycles. The minimum atomic E-state index is 0.408. The van der Waals surface area contributed by atoms with E-state index in [4.69, 9.17) is 0 Å². The summed E-state index contributed by atoms with van der Waals surface area (Å²) in [6.45, 7) is 1.97. The molecular formula is C16H18N6S. The zero-order chi connectivity index (χ0) is 15.6. The Labute approximate surface area is 138 Å². The van der Waals surface area contributed by atoms with Crippen LogP contribution in [0.15, 0.2) is 36.1 Å². The fourth-order valence-corrected chi connectivity index (χ4v) is 4.02. The van der Waals surface area contributed by atoms with Crippen LogP contribution in [0.25, 0.3) is 10.2 Å². The molecule has 0 unspecified atom stereocenters. The van der Waals surface area contributed by atoms with Crippen molar-refractivity contribution in [1.29, 1.82) is 0 Å². The molecular weight excluding hydrogens is 308 g/mol. The van der Waals surface area contributed by atoms with Crippen LogP contribution in [0.2, 0.25) is 0 Å². The molecule has 118 valence electrons. The van der Waals surface area contributed by atoms with Gasteiger partial charge in [-0.3, -0.25) is 0 Å². The van der Waals surface area contributed by atoms with E-state index in [0.29, 0.717) is 6.04 Å². The summed E-state index contributed by atoms with van der Waals surface area (Å²) in [5.41, 5.74) is 1.02. The van der Waals surface area contributed by atoms with Gasteiger partial charge in [0.2, 0.25) is 0 Å². The maximum absolute atomic E-state index is 4.53. The molecule has 23 heavy (non-hydrogen) atoms. The van der Waals surface area contributed by atoms with E-state index in [1.54, 1.807) is 23.9 Å². The summed E-state index contributed by atoms with van der Waals surface area (Å²) in [6.07, 6.45) is 5.67. The standard InChI is InChI=1S/C16H18N6S/c1-21(16-15-13(6-9-23-15)17-11-18-16)12-4-3-8-22(10-12)14-5-2-7-19-20-14/h2,5-7,9,11-12H,3-4,8,10H2,1H3/t12-/m0/s1. The van der Waals surface area contributed by atoms with E-state index in [1.807, 2.05) is 18.2 Å². The Kier molecular flexibility index (Phi) is 3.78. The van der Waals surface area contributed by atoms with Gasteiger partial charge in [-0.15, -0.1) is 16.4 Å². The van der Waals surface area contributed by atoms with Crippen molar-refractivity contribution in [3.63, 3.8) is 0 Å². The monoisotopic (exact) mass is 326 g/mol. The molecule has 4 rings (SSSR count). The van der Waals surface area contributed by atoms with E-state index >= 15 is 0 Å². The molecule has 6 nitrogen and oxygen atoms in total. The molecule has 0 aromatic carbocycles. The molecule has 0 amide bonds. The first-order chi connectivity index (χ1) is 11.3. The van der Waals surface area contributed by atoms with Gasteiger partial charge in [0.25, 0.3) is 0 Å². The van der Waals surface area contributed by atoms with Crippen molar-refractivity contribution in [3.05, 3.63) is 36.1 Å². The van der Waals surface area contributed by atoms with Crippen molar-refractivity contribution in [1.82, 2.24) is 20.2 Å². The van der Waals surface area contributed by atoms with Crippen LogP contribution in [0.5, 0.6) is 0 Å². The SMILES string of the molecule is CN(c1ncnc2ccsc12)[C@H]1CCCN(c2cccnn2)C1. The number of hydrogen-bond acceptors (Lipinski definition) is 7. The number of likely N-dealkylation sites (N-methyl/N-ethyl adjacent to an activating group) is 1. The lowest BCUT2D eigenvalue weighted by molar-refractivity contribution is 0.483. The van der Waals surface area contributed by atoms with Crippen molar-refractivity contribution >= 4 is 33.2 Å². The second kappa shape index (κ2) is 6.08. The smallest absolute Gasteiger partial charge is 0.151 e. The maximum Gasteiger partial charge on any atom is 0.151 e. The Morgan fingerprint density at radius 1 is 1.30 bits per heavy atom. The van der Waals surface area contributed by atoms with E-state index in [1.165, 1.54) is 0 Å². The molecule has 1 aliphatic heterocycles. The highest BCUT2D eigenvalue weighted by molar-refractivity contribution is 7.17. The molecule has 0 aliphatic carbocycles. The lowest BCUT2D eigenvalue weighted by Crippen LogP contribution is -2.47. The van der Waals surface area contributed by atoms with Gasteiger partial charge in [0.05, 0.1) is 10.2 Å². The van der Waals surface area contributed by atoms with Crippen LogP contribution >= 0.6 is 11.3 Å². The fourth-order valence-electron chi connectivity index (χ4n) is 3.14. The minimum absolute atomic E-state index is 0.408. The van der Waals surface area contributed by atoms with Crippen LogP contribution in [-0.2, 0) is 0 Å².